The quantitative estimate of drug-likeness (QED) is 0.319. The van der Waals surface area contributed by atoms with Gasteiger partial charge in [0, 0.05) is 43.2 Å². The van der Waals surface area contributed by atoms with E-state index in [1.165, 1.54) is 23.0 Å². The zero-order chi connectivity index (χ0) is 24.2. The predicted octanol–water partition coefficient (Wildman–Crippen LogP) is 1.58. The predicted molar refractivity (Wildman–Crippen MR) is 124 cm³/mol. The Morgan fingerprint density at radius 3 is 2.42 bits per heavy atom. The maximum atomic E-state index is 12.6. The Kier molecular flexibility index (Phi) is 7.42. The SMILES string of the molecule is CC(CCn1ccc(-c2ccc(C#CC3CC(CO)C3)cc2)cc1=O)(C(=O)NO)S(C)(=O)=O. The van der Waals surface area contributed by atoms with Crippen LogP contribution in [0, 0.1) is 23.7 Å². The molecule has 3 N–H and O–H groups in total. The highest BCUT2D eigenvalue weighted by molar-refractivity contribution is 7.92. The Hall–Kier alpha value is -2.93. The van der Waals surface area contributed by atoms with E-state index in [0.717, 1.165) is 30.2 Å². The molecule has 0 spiro atoms. The third-order valence-corrected chi connectivity index (χ3v) is 8.39. The number of aryl methyl sites for hydroxylation is 1. The molecular weight excluding hydrogens is 444 g/mol. The number of carbonyl (C=O) groups is 1. The van der Waals surface area contributed by atoms with Gasteiger partial charge in [0.25, 0.3) is 11.5 Å². The fraction of sp³-hybridized carbons (Fsp3) is 0.417. The maximum Gasteiger partial charge on any atom is 0.264 e. The second kappa shape index (κ2) is 9.91. The van der Waals surface area contributed by atoms with E-state index in [0.29, 0.717) is 17.4 Å². The van der Waals surface area contributed by atoms with Gasteiger partial charge >= 0.3 is 0 Å². The van der Waals surface area contributed by atoms with Gasteiger partial charge in [0.15, 0.2) is 14.6 Å². The van der Waals surface area contributed by atoms with Gasteiger partial charge in [-0.3, -0.25) is 14.8 Å². The molecule has 0 bridgehead atoms. The summed E-state index contributed by atoms with van der Waals surface area (Å²) >= 11 is 0. The Morgan fingerprint density at radius 2 is 1.88 bits per heavy atom. The molecule has 1 heterocycles. The van der Waals surface area contributed by atoms with Crippen LogP contribution in [0.25, 0.3) is 11.1 Å². The number of aliphatic hydroxyl groups is 1. The number of rotatable bonds is 7. The van der Waals surface area contributed by atoms with Crippen LogP contribution in [0.4, 0.5) is 0 Å². The van der Waals surface area contributed by atoms with Gasteiger partial charge in [-0.15, -0.1) is 0 Å². The molecule has 1 aliphatic rings. The molecule has 0 aliphatic heterocycles. The summed E-state index contributed by atoms with van der Waals surface area (Å²) in [6, 6.07) is 10.7. The van der Waals surface area contributed by atoms with Crippen molar-refractivity contribution in [2.24, 2.45) is 11.8 Å². The Balaban J connectivity index is 1.70. The second-order valence-electron chi connectivity index (χ2n) is 8.70. The van der Waals surface area contributed by atoms with Crippen molar-refractivity contribution >= 4 is 15.7 Å². The number of aliphatic hydroxyl groups excluding tert-OH is 1. The maximum absolute atomic E-state index is 12.6. The minimum atomic E-state index is -3.84. The summed E-state index contributed by atoms with van der Waals surface area (Å²) < 4.78 is 23.6. The number of hydroxylamine groups is 1. The van der Waals surface area contributed by atoms with Crippen molar-refractivity contribution in [1.29, 1.82) is 0 Å². The van der Waals surface area contributed by atoms with Gasteiger partial charge in [0.2, 0.25) is 0 Å². The first-order valence-corrected chi connectivity index (χ1v) is 12.5. The first kappa shape index (κ1) is 24.7. The number of carbonyl (C=O) groups excluding carboxylic acids is 1. The molecular formula is C24H28N2O6S. The molecule has 33 heavy (non-hydrogen) atoms. The lowest BCUT2D eigenvalue weighted by Gasteiger charge is -2.29. The lowest BCUT2D eigenvalue weighted by atomic mass is 9.76. The van der Waals surface area contributed by atoms with Gasteiger partial charge in [-0.25, -0.2) is 13.9 Å². The zero-order valence-electron chi connectivity index (χ0n) is 18.6. The monoisotopic (exact) mass is 472 g/mol. The lowest BCUT2D eigenvalue weighted by molar-refractivity contribution is -0.131. The first-order valence-electron chi connectivity index (χ1n) is 10.6. The molecule has 3 rings (SSSR count). The number of aromatic nitrogens is 1. The van der Waals surface area contributed by atoms with Gasteiger partial charge in [-0.05, 0) is 61.4 Å². The van der Waals surface area contributed by atoms with Crippen molar-refractivity contribution in [2.45, 2.75) is 37.5 Å². The number of nitrogens with one attached hydrogen (secondary N) is 1. The van der Waals surface area contributed by atoms with E-state index in [1.807, 2.05) is 24.3 Å². The van der Waals surface area contributed by atoms with Crippen LogP contribution < -0.4 is 11.0 Å². The average Bonchev–Trinajstić information content (AvgIpc) is 2.76. The van der Waals surface area contributed by atoms with Crippen molar-refractivity contribution < 1.29 is 23.5 Å². The zero-order valence-corrected chi connectivity index (χ0v) is 19.4. The number of sulfone groups is 1. The number of hydrogen-bond donors (Lipinski definition) is 3. The minimum absolute atomic E-state index is 0.0110. The molecule has 0 saturated heterocycles. The van der Waals surface area contributed by atoms with Gasteiger partial charge in [-0.1, -0.05) is 24.0 Å². The van der Waals surface area contributed by atoms with Crippen LogP contribution in [-0.2, 0) is 21.2 Å². The Labute approximate surface area is 193 Å². The van der Waals surface area contributed by atoms with Gasteiger partial charge in [0.1, 0.15) is 0 Å². The van der Waals surface area contributed by atoms with Crippen LogP contribution in [-0.4, -0.2) is 46.8 Å². The van der Waals surface area contributed by atoms with E-state index in [2.05, 4.69) is 11.8 Å². The average molecular weight is 473 g/mol. The van der Waals surface area contributed by atoms with Crippen molar-refractivity contribution in [2.75, 3.05) is 12.9 Å². The number of pyridine rings is 1. The van der Waals surface area contributed by atoms with E-state index < -0.39 is 20.5 Å². The number of hydrogen-bond acceptors (Lipinski definition) is 6. The minimum Gasteiger partial charge on any atom is -0.396 e. The van der Waals surface area contributed by atoms with Gasteiger partial charge in [-0.2, -0.15) is 0 Å². The Bertz CT molecular complexity index is 1230. The summed E-state index contributed by atoms with van der Waals surface area (Å²) in [5.41, 5.74) is 3.49. The van der Waals surface area contributed by atoms with Crippen LogP contribution in [0.3, 0.4) is 0 Å². The summed E-state index contributed by atoms with van der Waals surface area (Å²) in [5, 5.41) is 18.0. The fourth-order valence-electron chi connectivity index (χ4n) is 3.73. The van der Waals surface area contributed by atoms with E-state index in [1.54, 1.807) is 12.3 Å². The van der Waals surface area contributed by atoms with E-state index in [-0.39, 0.29) is 25.1 Å². The highest BCUT2D eigenvalue weighted by atomic mass is 32.2. The van der Waals surface area contributed by atoms with Crippen molar-refractivity contribution in [3.63, 3.8) is 0 Å². The van der Waals surface area contributed by atoms with Crippen LogP contribution in [0.5, 0.6) is 0 Å². The second-order valence-corrected chi connectivity index (χ2v) is 11.1. The molecule has 1 unspecified atom stereocenters. The van der Waals surface area contributed by atoms with Crippen molar-refractivity contribution in [3.8, 4) is 23.0 Å². The van der Waals surface area contributed by atoms with Crippen LogP contribution in [0.2, 0.25) is 0 Å². The molecule has 1 aromatic carbocycles. The molecule has 1 saturated carbocycles. The summed E-state index contributed by atoms with van der Waals surface area (Å²) in [7, 11) is -3.84. The topological polar surface area (TPSA) is 126 Å². The highest BCUT2D eigenvalue weighted by Gasteiger charge is 2.43. The van der Waals surface area contributed by atoms with E-state index in [4.69, 9.17) is 10.3 Å². The fourth-order valence-corrected chi connectivity index (χ4v) is 4.57. The van der Waals surface area contributed by atoms with Gasteiger partial charge < -0.3 is 9.67 Å². The normalized spacial score (nSPS) is 19.5. The Morgan fingerprint density at radius 1 is 1.21 bits per heavy atom. The molecule has 1 aromatic heterocycles. The number of amides is 1. The van der Waals surface area contributed by atoms with Gasteiger partial charge in [0.05, 0.1) is 0 Å². The standard InChI is InChI=1S/C24H28N2O6S/c1-24(23(29)25-30,33(2,31)32)10-12-26-11-9-21(15-22(26)28)20-7-5-17(6-8-20)3-4-18-13-19(14-18)16-27/h5-9,11,15,18-19,27,30H,10,12-14,16H2,1-2H3,(H,25,29). The van der Waals surface area contributed by atoms with E-state index >= 15 is 0 Å². The van der Waals surface area contributed by atoms with Crippen LogP contribution in [0.15, 0.2) is 47.4 Å². The van der Waals surface area contributed by atoms with E-state index in [9.17, 15) is 18.0 Å². The third-order valence-electron chi connectivity index (χ3n) is 6.36. The van der Waals surface area contributed by atoms with Crippen LogP contribution >= 0.6 is 0 Å². The molecule has 1 atom stereocenters. The first-order chi connectivity index (χ1) is 15.6. The molecule has 2 aromatic rings. The number of benzene rings is 1. The van der Waals surface area contributed by atoms with Crippen molar-refractivity contribution in [3.05, 3.63) is 58.5 Å². The smallest absolute Gasteiger partial charge is 0.264 e. The molecule has 9 heteroatoms. The van der Waals surface area contributed by atoms with Crippen molar-refractivity contribution in [1.82, 2.24) is 10.0 Å². The summed E-state index contributed by atoms with van der Waals surface area (Å²) in [4.78, 5) is 24.5. The third kappa shape index (κ3) is 5.53. The summed E-state index contributed by atoms with van der Waals surface area (Å²) in [6.07, 6.45) is 4.17. The molecule has 176 valence electrons. The summed E-state index contributed by atoms with van der Waals surface area (Å²) in [6.45, 7) is 1.43. The molecule has 0 radical (unpaired) electrons. The molecule has 1 aliphatic carbocycles. The van der Waals surface area contributed by atoms with Crippen LogP contribution in [0.1, 0.15) is 31.7 Å². The number of nitrogens with zero attached hydrogens (tertiary/aromatic N) is 1. The summed E-state index contributed by atoms with van der Waals surface area (Å²) in [5.74, 6) is 6.05. The molecule has 1 fully saturated rings. The lowest BCUT2D eigenvalue weighted by Crippen LogP contribution is -2.49. The molecule has 1 amide bonds. The largest absolute Gasteiger partial charge is 0.396 e. The highest BCUT2D eigenvalue weighted by Crippen LogP contribution is 2.32. The molecule has 8 nitrogen and oxygen atoms in total.